The molecular formula is C20H28O2. The molecule has 2 nitrogen and oxygen atoms in total. The number of hydrogen-bond acceptors (Lipinski definition) is 1. The fourth-order valence-electron chi connectivity index (χ4n) is 1.60. The second kappa shape index (κ2) is 17.0. The minimum absolute atomic E-state index is 0.209. The van der Waals surface area contributed by atoms with Gasteiger partial charge < -0.3 is 5.11 Å². The van der Waals surface area contributed by atoms with Gasteiger partial charge in [-0.3, -0.25) is 4.79 Å². The first-order valence-electron chi connectivity index (χ1n) is 7.85. The second-order valence-corrected chi connectivity index (χ2v) is 4.76. The Morgan fingerprint density at radius 1 is 0.682 bits per heavy atom. The van der Waals surface area contributed by atoms with E-state index in [2.05, 4.69) is 55.2 Å². The van der Waals surface area contributed by atoms with Gasteiger partial charge in [0.05, 0.1) is 0 Å². The number of carboxylic acid groups (broad SMARTS) is 1. The Morgan fingerprint density at radius 3 is 1.41 bits per heavy atom. The predicted molar refractivity (Wildman–Crippen MR) is 95.9 cm³/mol. The smallest absolute Gasteiger partial charge is 0.303 e. The minimum Gasteiger partial charge on any atom is -0.481 e. The van der Waals surface area contributed by atoms with Crippen molar-refractivity contribution in [2.75, 3.05) is 0 Å². The standard InChI is InChI=1S/C20H28O2/c1-2-3-4-5-6-7-8-9-10-11-12-13-14-15-16-17-18-19-20(21)22/h2,4-5,7-8,10-11,13-14,16-17H,1,3,6,9,12,15,18-19H2,(H,21,22)/b5-4-,8-7-,11-10-,14-13-,17-16-. The quantitative estimate of drug-likeness (QED) is 0.438. The van der Waals surface area contributed by atoms with Gasteiger partial charge in [0.2, 0.25) is 0 Å². The molecule has 0 aliphatic carbocycles. The van der Waals surface area contributed by atoms with E-state index in [0.717, 1.165) is 32.1 Å². The molecule has 2 heteroatoms. The maximum absolute atomic E-state index is 10.3. The van der Waals surface area contributed by atoms with Crippen LogP contribution in [0.1, 0.15) is 44.9 Å². The summed E-state index contributed by atoms with van der Waals surface area (Å²) >= 11 is 0. The predicted octanol–water partition coefficient (Wildman–Crippen LogP) is 5.77. The summed E-state index contributed by atoms with van der Waals surface area (Å²) in [5.74, 6) is -0.743. The molecule has 0 saturated carbocycles. The van der Waals surface area contributed by atoms with Gasteiger partial charge in [0, 0.05) is 6.42 Å². The van der Waals surface area contributed by atoms with E-state index in [1.165, 1.54) is 0 Å². The van der Waals surface area contributed by atoms with Crippen molar-refractivity contribution in [1.29, 1.82) is 0 Å². The summed E-state index contributed by atoms with van der Waals surface area (Å²) in [4.78, 5) is 10.3. The molecule has 0 rings (SSSR count). The van der Waals surface area contributed by atoms with Crippen molar-refractivity contribution >= 4 is 5.97 Å². The van der Waals surface area contributed by atoms with E-state index in [0.29, 0.717) is 6.42 Å². The third-order valence-corrected chi connectivity index (χ3v) is 2.75. The number of hydrogen-bond donors (Lipinski definition) is 1. The number of allylic oxidation sites excluding steroid dienone is 11. The van der Waals surface area contributed by atoms with Gasteiger partial charge in [-0.1, -0.05) is 66.8 Å². The molecule has 0 fully saturated rings. The average molecular weight is 300 g/mol. The van der Waals surface area contributed by atoms with E-state index < -0.39 is 5.97 Å². The van der Waals surface area contributed by atoms with E-state index in [-0.39, 0.29) is 6.42 Å². The molecule has 0 heterocycles. The maximum Gasteiger partial charge on any atom is 0.303 e. The summed E-state index contributed by atoms with van der Waals surface area (Å²) < 4.78 is 0. The van der Waals surface area contributed by atoms with Crippen molar-refractivity contribution in [1.82, 2.24) is 0 Å². The van der Waals surface area contributed by atoms with Crippen LogP contribution in [0, 0.1) is 0 Å². The van der Waals surface area contributed by atoms with E-state index in [4.69, 9.17) is 5.11 Å². The SMILES string of the molecule is C=CC/C=C\C/C=C\C/C=C\C/C=C\C/C=C\CCC(=O)O. The highest BCUT2D eigenvalue weighted by Crippen LogP contribution is 1.97. The second-order valence-electron chi connectivity index (χ2n) is 4.76. The van der Waals surface area contributed by atoms with Crippen LogP contribution in [0.25, 0.3) is 0 Å². The number of aliphatic carboxylic acids is 1. The zero-order valence-electron chi connectivity index (χ0n) is 13.4. The Kier molecular flexibility index (Phi) is 15.4. The lowest BCUT2D eigenvalue weighted by atomic mass is 10.2. The van der Waals surface area contributed by atoms with Gasteiger partial charge in [0.1, 0.15) is 0 Å². The molecular weight excluding hydrogens is 272 g/mol. The highest BCUT2D eigenvalue weighted by Gasteiger charge is 1.90. The number of rotatable bonds is 13. The third-order valence-electron chi connectivity index (χ3n) is 2.75. The molecule has 0 aromatic heterocycles. The van der Waals surface area contributed by atoms with Crippen LogP contribution in [0.4, 0.5) is 0 Å². The van der Waals surface area contributed by atoms with Crippen molar-refractivity contribution in [3.8, 4) is 0 Å². The van der Waals surface area contributed by atoms with Crippen LogP contribution in [0.3, 0.4) is 0 Å². The molecule has 0 aliphatic rings. The van der Waals surface area contributed by atoms with Crippen LogP contribution < -0.4 is 0 Å². The first-order valence-corrected chi connectivity index (χ1v) is 7.85. The van der Waals surface area contributed by atoms with Crippen molar-refractivity contribution in [3.63, 3.8) is 0 Å². The molecule has 120 valence electrons. The summed E-state index contributed by atoms with van der Waals surface area (Å²) in [7, 11) is 0. The van der Waals surface area contributed by atoms with Gasteiger partial charge >= 0.3 is 5.97 Å². The summed E-state index contributed by atoms with van der Waals surface area (Å²) in [6.07, 6.45) is 28.5. The Hall–Kier alpha value is -2.09. The van der Waals surface area contributed by atoms with Crippen LogP contribution >= 0.6 is 0 Å². The van der Waals surface area contributed by atoms with E-state index in [1.807, 2.05) is 18.2 Å². The number of carbonyl (C=O) groups is 1. The molecule has 0 radical (unpaired) electrons. The lowest BCUT2D eigenvalue weighted by Crippen LogP contribution is -1.91. The molecule has 0 aromatic rings. The Morgan fingerprint density at radius 2 is 1.05 bits per heavy atom. The Bertz CT molecular complexity index is 423. The van der Waals surface area contributed by atoms with Crippen LogP contribution in [0.15, 0.2) is 73.4 Å². The summed E-state index contributed by atoms with van der Waals surface area (Å²) in [5, 5.41) is 8.47. The summed E-state index contributed by atoms with van der Waals surface area (Å²) in [6.45, 7) is 3.67. The molecule has 0 aromatic carbocycles. The average Bonchev–Trinajstić information content (AvgIpc) is 2.50. The van der Waals surface area contributed by atoms with Gasteiger partial charge in [0.25, 0.3) is 0 Å². The van der Waals surface area contributed by atoms with Crippen LogP contribution in [-0.4, -0.2) is 11.1 Å². The number of carboxylic acids is 1. The van der Waals surface area contributed by atoms with Crippen molar-refractivity contribution < 1.29 is 9.90 Å². The lowest BCUT2D eigenvalue weighted by molar-refractivity contribution is -0.136. The van der Waals surface area contributed by atoms with Crippen LogP contribution in [-0.2, 0) is 4.79 Å². The Balaban J connectivity index is 3.49. The fourth-order valence-corrected chi connectivity index (χ4v) is 1.60. The first-order chi connectivity index (χ1) is 10.8. The topological polar surface area (TPSA) is 37.3 Å². The fraction of sp³-hybridized carbons (Fsp3) is 0.350. The molecule has 0 bridgehead atoms. The molecule has 0 spiro atoms. The third kappa shape index (κ3) is 17.9. The molecule has 0 unspecified atom stereocenters. The highest BCUT2D eigenvalue weighted by molar-refractivity contribution is 5.66. The highest BCUT2D eigenvalue weighted by atomic mass is 16.4. The molecule has 0 atom stereocenters. The normalized spacial score (nSPS) is 12.5. The van der Waals surface area contributed by atoms with Crippen LogP contribution in [0.2, 0.25) is 0 Å². The van der Waals surface area contributed by atoms with Gasteiger partial charge in [-0.25, -0.2) is 0 Å². The van der Waals surface area contributed by atoms with Crippen molar-refractivity contribution in [2.24, 2.45) is 0 Å². The monoisotopic (exact) mass is 300 g/mol. The summed E-state index contributed by atoms with van der Waals surface area (Å²) in [6, 6.07) is 0. The summed E-state index contributed by atoms with van der Waals surface area (Å²) in [5.41, 5.74) is 0. The molecule has 22 heavy (non-hydrogen) atoms. The van der Waals surface area contributed by atoms with Crippen molar-refractivity contribution in [2.45, 2.75) is 44.9 Å². The maximum atomic E-state index is 10.3. The van der Waals surface area contributed by atoms with Gasteiger partial charge in [0.15, 0.2) is 0 Å². The molecule has 0 amide bonds. The minimum atomic E-state index is -0.743. The zero-order valence-corrected chi connectivity index (χ0v) is 13.4. The van der Waals surface area contributed by atoms with Gasteiger partial charge in [-0.05, 0) is 38.5 Å². The zero-order chi connectivity index (χ0) is 16.3. The van der Waals surface area contributed by atoms with E-state index >= 15 is 0 Å². The lowest BCUT2D eigenvalue weighted by Gasteiger charge is -1.87. The van der Waals surface area contributed by atoms with E-state index in [9.17, 15) is 4.79 Å². The first kappa shape index (κ1) is 19.9. The van der Waals surface area contributed by atoms with Crippen molar-refractivity contribution in [3.05, 3.63) is 73.4 Å². The van der Waals surface area contributed by atoms with Gasteiger partial charge in [-0.2, -0.15) is 0 Å². The van der Waals surface area contributed by atoms with E-state index in [1.54, 1.807) is 0 Å². The molecule has 0 aliphatic heterocycles. The van der Waals surface area contributed by atoms with Gasteiger partial charge in [-0.15, -0.1) is 6.58 Å². The molecule has 1 N–H and O–H groups in total. The van der Waals surface area contributed by atoms with Crippen LogP contribution in [0.5, 0.6) is 0 Å². The largest absolute Gasteiger partial charge is 0.481 e. The molecule has 0 saturated heterocycles. The Labute approximate surface area is 134 Å².